The fourth-order valence-corrected chi connectivity index (χ4v) is 3.73. The molecule has 18 heteroatoms. The van der Waals surface area contributed by atoms with E-state index >= 15 is 0 Å². The predicted octanol–water partition coefficient (Wildman–Crippen LogP) is 3.88. The van der Waals surface area contributed by atoms with Crippen molar-refractivity contribution in [1.29, 1.82) is 0 Å². The Labute approximate surface area is 239 Å². The minimum absolute atomic E-state index is 0.0214. The number of hydrogen-bond acceptors (Lipinski definition) is 10. The third kappa shape index (κ3) is 8.40. The van der Waals surface area contributed by atoms with E-state index in [0.29, 0.717) is 29.5 Å². The molecule has 230 valence electrons. The lowest BCUT2D eigenvalue weighted by atomic mass is 10.2. The van der Waals surface area contributed by atoms with Crippen LogP contribution in [0.2, 0.25) is 0 Å². The number of methoxy groups -OCH3 is 1. The van der Waals surface area contributed by atoms with E-state index in [9.17, 15) is 31.1 Å². The Morgan fingerprint density at radius 3 is 2.35 bits per heavy atom. The minimum Gasteiger partial charge on any atom is -0.497 e. The van der Waals surface area contributed by atoms with Gasteiger partial charge in [-0.1, -0.05) is 12.1 Å². The minimum atomic E-state index is -4.95. The van der Waals surface area contributed by atoms with Crippen molar-refractivity contribution in [3.05, 3.63) is 81.5 Å². The monoisotopic (exact) mass is 613 g/mol. The van der Waals surface area contributed by atoms with Gasteiger partial charge in [0.1, 0.15) is 23.7 Å². The van der Waals surface area contributed by atoms with E-state index in [0.717, 1.165) is 10.9 Å². The molecular weight excluding hydrogens is 588 g/mol. The molecule has 0 fully saturated rings. The maximum absolute atomic E-state index is 13.9. The third-order valence-corrected chi connectivity index (χ3v) is 5.79. The van der Waals surface area contributed by atoms with Gasteiger partial charge in [0.2, 0.25) is 5.95 Å². The van der Waals surface area contributed by atoms with E-state index in [4.69, 9.17) is 9.47 Å². The molecule has 0 aliphatic carbocycles. The van der Waals surface area contributed by atoms with Crippen molar-refractivity contribution in [2.24, 2.45) is 0 Å². The van der Waals surface area contributed by atoms with Crippen LogP contribution in [-0.4, -0.2) is 54.7 Å². The van der Waals surface area contributed by atoms with Crippen molar-refractivity contribution < 1.29 is 35.8 Å². The van der Waals surface area contributed by atoms with E-state index in [-0.39, 0.29) is 38.1 Å². The second kappa shape index (κ2) is 13.1. The Kier molecular flexibility index (Phi) is 9.47. The molecule has 0 saturated heterocycles. The highest BCUT2D eigenvalue weighted by molar-refractivity contribution is 5.50. The number of rotatable bonds is 12. The Morgan fingerprint density at radius 1 is 1.02 bits per heavy atom. The van der Waals surface area contributed by atoms with Gasteiger partial charge in [0.15, 0.2) is 5.82 Å². The lowest BCUT2D eigenvalue weighted by molar-refractivity contribution is -0.139. The molecule has 3 N–H and O–H groups in total. The summed E-state index contributed by atoms with van der Waals surface area (Å²) in [4.78, 5) is 24.1. The summed E-state index contributed by atoms with van der Waals surface area (Å²) in [6.07, 6.45) is -7.26. The largest absolute Gasteiger partial charge is 0.497 e. The first-order valence-electron chi connectivity index (χ1n) is 12.5. The number of benzene rings is 1. The zero-order valence-electron chi connectivity index (χ0n) is 22.6. The molecule has 0 unspecified atom stereocenters. The Balaban J connectivity index is 1.31. The number of hydrogen-bond donors (Lipinski definition) is 3. The van der Waals surface area contributed by atoms with Crippen LogP contribution in [0.1, 0.15) is 35.3 Å². The van der Waals surface area contributed by atoms with E-state index in [1.54, 1.807) is 31.2 Å². The van der Waals surface area contributed by atoms with Gasteiger partial charge in [-0.05, 0) is 24.6 Å². The fraction of sp³-hybridized carbons (Fsp3) is 0.360. The lowest BCUT2D eigenvalue weighted by Gasteiger charge is -2.19. The fourth-order valence-electron chi connectivity index (χ4n) is 3.73. The highest BCUT2D eigenvalue weighted by Crippen LogP contribution is 2.32. The molecule has 3 aromatic heterocycles. The van der Waals surface area contributed by atoms with Gasteiger partial charge in [-0.3, -0.25) is 9.89 Å². The zero-order valence-corrected chi connectivity index (χ0v) is 22.6. The number of nitrogens with one attached hydrogen (secondary N) is 3. The van der Waals surface area contributed by atoms with Gasteiger partial charge >= 0.3 is 12.4 Å². The summed E-state index contributed by atoms with van der Waals surface area (Å²) in [5.74, 6) is 1.03. The first-order valence-corrected chi connectivity index (χ1v) is 12.5. The standard InChI is InChI=1S/C25H25F6N9O3/c1-14(12-43-13-20-37-19(38-39-20)10-34-23-32-7-16(8-33-23)24(26,27)28)36-18-9-35-40(22(41)21(18)25(29,30)31)11-15-3-5-17(42-2)6-4-15/h3-9,14,36H,10-13H2,1-2H3,(H,32,33,34)(H,37,38,39)/t14-/m0/s1. The molecule has 0 spiro atoms. The van der Waals surface area contributed by atoms with Crippen LogP contribution >= 0.6 is 0 Å². The van der Waals surface area contributed by atoms with Gasteiger partial charge in [0, 0.05) is 18.4 Å². The maximum atomic E-state index is 13.9. The van der Waals surface area contributed by atoms with Crippen LogP contribution in [0.25, 0.3) is 0 Å². The second-order valence-electron chi connectivity index (χ2n) is 9.15. The first kappa shape index (κ1) is 31.2. The number of aromatic amines is 1. The molecule has 0 aliphatic rings. The summed E-state index contributed by atoms with van der Waals surface area (Å²) < 4.78 is 90.8. The smallest absolute Gasteiger partial charge is 0.423 e. The number of aromatic nitrogens is 7. The van der Waals surface area contributed by atoms with Crippen LogP contribution < -0.4 is 20.9 Å². The van der Waals surface area contributed by atoms with Gasteiger partial charge in [0.05, 0.1) is 44.3 Å². The number of ether oxygens (including phenoxy) is 2. The summed E-state index contributed by atoms with van der Waals surface area (Å²) in [6, 6.07) is 5.81. The number of halogens is 6. The van der Waals surface area contributed by atoms with Crippen molar-refractivity contribution in [2.45, 2.75) is 45.0 Å². The van der Waals surface area contributed by atoms with Crippen LogP contribution in [-0.2, 0) is 36.8 Å². The molecule has 0 radical (unpaired) electrons. The van der Waals surface area contributed by atoms with Crippen LogP contribution in [0.3, 0.4) is 0 Å². The average Bonchev–Trinajstić information content (AvgIpc) is 3.40. The van der Waals surface area contributed by atoms with Crippen LogP contribution in [0, 0.1) is 0 Å². The van der Waals surface area contributed by atoms with E-state index in [1.807, 2.05) is 0 Å². The van der Waals surface area contributed by atoms with E-state index in [1.165, 1.54) is 7.11 Å². The summed E-state index contributed by atoms with van der Waals surface area (Å²) in [6.45, 7) is 1.23. The lowest BCUT2D eigenvalue weighted by Crippen LogP contribution is -2.34. The third-order valence-electron chi connectivity index (χ3n) is 5.79. The number of H-pyrrole nitrogens is 1. The topological polar surface area (TPSA) is 145 Å². The Morgan fingerprint density at radius 2 is 1.72 bits per heavy atom. The van der Waals surface area contributed by atoms with Crippen LogP contribution in [0.5, 0.6) is 5.75 Å². The van der Waals surface area contributed by atoms with E-state index in [2.05, 4.69) is 40.9 Å². The number of nitrogens with zero attached hydrogens (tertiary/aromatic N) is 6. The van der Waals surface area contributed by atoms with Crippen molar-refractivity contribution in [3.8, 4) is 5.75 Å². The SMILES string of the molecule is COc1ccc(Cn2ncc(N[C@@H](C)COCc3n[nH]c(CNc4ncc(C(F)(F)F)cn4)n3)c(C(F)(F)F)c2=O)cc1. The number of alkyl halides is 6. The van der Waals surface area contributed by atoms with Gasteiger partial charge in [-0.2, -0.15) is 36.5 Å². The van der Waals surface area contributed by atoms with Crippen LogP contribution in [0.15, 0.2) is 47.7 Å². The van der Waals surface area contributed by atoms with E-state index < -0.39 is 40.8 Å². The highest BCUT2D eigenvalue weighted by Gasteiger charge is 2.38. The highest BCUT2D eigenvalue weighted by atomic mass is 19.4. The Hall–Kier alpha value is -4.74. The Bertz CT molecular complexity index is 1560. The predicted molar refractivity (Wildman–Crippen MR) is 139 cm³/mol. The summed E-state index contributed by atoms with van der Waals surface area (Å²) in [7, 11) is 1.48. The summed E-state index contributed by atoms with van der Waals surface area (Å²) in [5, 5.41) is 15.8. The van der Waals surface area contributed by atoms with Gasteiger partial charge in [-0.15, -0.1) is 0 Å². The average molecular weight is 614 g/mol. The summed E-state index contributed by atoms with van der Waals surface area (Å²) >= 11 is 0. The molecule has 1 aromatic carbocycles. The van der Waals surface area contributed by atoms with Crippen molar-refractivity contribution in [3.63, 3.8) is 0 Å². The van der Waals surface area contributed by atoms with Gasteiger partial charge < -0.3 is 20.1 Å². The summed E-state index contributed by atoms with van der Waals surface area (Å²) in [5.41, 5.74) is -3.60. The maximum Gasteiger partial charge on any atom is 0.423 e. The van der Waals surface area contributed by atoms with Crippen molar-refractivity contribution in [2.75, 3.05) is 24.4 Å². The van der Waals surface area contributed by atoms with Crippen molar-refractivity contribution >= 4 is 11.6 Å². The van der Waals surface area contributed by atoms with Gasteiger partial charge in [-0.25, -0.2) is 19.6 Å². The van der Waals surface area contributed by atoms with Gasteiger partial charge in [0.25, 0.3) is 5.56 Å². The molecule has 0 bridgehead atoms. The molecule has 0 aliphatic heterocycles. The molecule has 4 aromatic rings. The molecule has 4 rings (SSSR count). The molecule has 0 saturated carbocycles. The molecule has 12 nitrogen and oxygen atoms in total. The second-order valence-corrected chi connectivity index (χ2v) is 9.15. The zero-order chi connectivity index (χ0) is 31.2. The van der Waals surface area contributed by atoms with Crippen LogP contribution in [0.4, 0.5) is 38.0 Å². The normalized spacial score (nSPS) is 12.7. The quantitative estimate of drug-likeness (QED) is 0.201. The molecular formula is C25H25F6N9O3. The molecule has 1 atom stereocenters. The molecule has 0 amide bonds. The number of anilines is 2. The van der Waals surface area contributed by atoms with Crippen molar-refractivity contribution in [1.82, 2.24) is 34.9 Å². The molecule has 3 heterocycles. The molecule has 43 heavy (non-hydrogen) atoms. The first-order chi connectivity index (χ1) is 20.3.